The molecule has 0 saturated carbocycles. The number of guanidine groups is 1. The third-order valence-electron chi connectivity index (χ3n) is 4.19. The van der Waals surface area contributed by atoms with Gasteiger partial charge in [0.25, 0.3) is 0 Å². The average molecular weight is 367 g/mol. The minimum atomic E-state index is 0.443. The van der Waals surface area contributed by atoms with Gasteiger partial charge in [-0.05, 0) is 33.6 Å². The van der Waals surface area contributed by atoms with Gasteiger partial charge in [-0.3, -0.25) is 0 Å². The second kappa shape index (κ2) is 14.6. The highest BCUT2D eigenvalue weighted by molar-refractivity contribution is 5.79. The Kier molecular flexibility index (Phi) is 12.6. The molecule has 0 bridgehead atoms. The first-order valence-electron chi connectivity index (χ1n) is 10.2. The highest BCUT2D eigenvalue weighted by Crippen LogP contribution is 2.09. The van der Waals surface area contributed by atoms with E-state index in [1.807, 2.05) is 13.8 Å². The van der Waals surface area contributed by atoms with E-state index in [1.165, 1.54) is 38.5 Å². The van der Waals surface area contributed by atoms with Gasteiger partial charge in [0.15, 0.2) is 5.96 Å². The summed E-state index contributed by atoms with van der Waals surface area (Å²) in [5.41, 5.74) is 0.927. The number of rotatable bonds is 14. The van der Waals surface area contributed by atoms with Crippen LogP contribution in [0.4, 0.5) is 0 Å². The topological polar surface area (TPSA) is 71.7 Å². The Balaban J connectivity index is 2.10. The fraction of sp³-hybridized carbons (Fsp3) is 0.800. The lowest BCUT2D eigenvalue weighted by Crippen LogP contribution is -2.38. The van der Waals surface area contributed by atoms with E-state index >= 15 is 0 Å². The van der Waals surface area contributed by atoms with Crippen LogP contribution in [-0.2, 0) is 11.3 Å². The zero-order valence-corrected chi connectivity index (χ0v) is 17.2. The van der Waals surface area contributed by atoms with E-state index < -0.39 is 0 Å². The number of aryl methyl sites for hydroxylation is 2. The van der Waals surface area contributed by atoms with Crippen LogP contribution in [0.5, 0.6) is 0 Å². The molecule has 0 aliphatic heterocycles. The molecule has 0 aliphatic carbocycles. The Morgan fingerprint density at radius 1 is 1.00 bits per heavy atom. The summed E-state index contributed by atoms with van der Waals surface area (Å²) in [5, 5.41) is 6.57. The van der Waals surface area contributed by atoms with Crippen molar-refractivity contribution in [3.63, 3.8) is 0 Å². The molecule has 0 atom stereocenters. The molecule has 6 heteroatoms. The first-order chi connectivity index (χ1) is 12.7. The number of oxazole rings is 1. The van der Waals surface area contributed by atoms with Crippen molar-refractivity contribution in [2.75, 3.05) is 26.3 Å². The van der Waals surface area contributed by atoms with Crippen molar-refractivity contribution in [3.8, 4) is 0 Å². The summed E-state index contributed by atoms with van der Waals surface area (Å²) in [6, 6.07) is 0. The van der Waals surface area contributed by atoms with E-state index in [2.05, 4.69) is 34.5 Å². The summed E-state index contributed by atoms with van der Waals surface area (Å²) in [5.74, 6) is 2.30. The van der Waals surface area contributed by atoms with Crippen LogP contribution in [0.15, 0.2) is 9.41 Å². The lowest BCUT2D eigenvalue weighted by molar-refractivity contribution is 0.128. The average Bonchev–Trinajstić information content (AvgIpc) is 2.95. The number of ether oxygens (including phenoxy) is 1. The standard InChI is InChI=1S/C20H38N4O2/c1-5-7-8-9-10-11-14-25-15-12-13-22-20(21-6-2)23-16-19-24-17(3)18(4)26-19/h5-16H2,1-4H3,(H2,21,22,23). The molecule has 0 aliphatic rings. The van der Waals surface area contributed by atoms with Crippen molar-refractivity contribution in [1.82, 2.24) is 15.6 Å². The molecule has 0 unspecified atom stereocenters. The van der Waals surface area contributed by atoms with Crippen LogP contribution in [0.2, 0.25) is 0 Å². The summed E-state index contributed by atoms with van der Waals surface area (Å²) >= 11 is 0. The normalized spacial score (nSPS) is 11.8. The second-order valence-corrected chi connectivity index (χ2v) is 6.60. The van der Waals surface area contributed by atoms with Crippen molar-refractivity contribution in [3.05, 3.63) is 17.3 Å². The Hall–Kier alpha value is -1.56. The van der Waals surface area contributed by atoms with Gasteiger partial charge < -0.3 is 19.8 Å². The van der Waals surface area contributed by atoms with Gasteiger partial charge in [-0.15, -0.1) is 0 Å². The van der Waals surface area contributed by atoms with Crippen molar-refractivity contribution >= 4 is 5.96 Å². The lowest BCUT2D eigenvalue weighted by Gasteiger charge is -2.11. The summed E-state index contributed by atoms with van der Waals surface area (Å²) in [6.45, 7) is 11.9. The zero-order chi connectivity index (χ0) is 19.0. The minimum Gasteiger partial charge on any atom is -0.444 e. The molecule has 0 aromatic carbocycles. The second-order valence-electron chi connectivity index (χ2n) is 6.60. The molecular weight excluding hydrogens is 328 g/mol. The maximum absolute atomic E-state index is 5.70. The molecule has 1 rings (SSSR count). The van der Waals surface area contributed by atoms with Gasteiger partial charge in [0, 0.05) is 26.3 Å². The van der Waals surface area contributed by atoms with E-state index in [4.69, 9.17) is 9.15 Å². The third kappa shape index (κ3) is 10.4. The molecule has 0 saturated heterocycles. The van der Waals surface area contributed by atoms with Crippen LogP contribution < -0.4 is 10.6 Å². The number of hydrogen-bond acceptors (Lipinski definition) is 4. The highest BCUT2D eigenvalue weighted by atomic mass is 16.5. The molecule has 0 fully saturated rings. The molecule has 150 valence electrons. The van der Waals surface area contributed by atoms with Gasteiger partial charge in [0.05, 0.1) is 5.69 Å². The number of unbranched alkanes of at least 4 members (excludes halogenated alkanes) is 5. The van der Waals surface area contributed by atoms with Crippen LogP contribution in [0.3, 0.4) is 0 Å². The predicted octanol–water partition coefficient (Wildman–Crippen LogP) is 4.11. The quantitative estimate of drug-likeness (QED) is 0.294. The van der Waals surface area contributed by atoms with Crippen molar-refractivity contribution < 1.29 is 9.15 Å². The number of aliphatic imine (C=N–C) groups is 1. The van der Waals surface area contributed by atoms with E-state index in [-0.39, 0.29) is 0 Å². The molecule has 0 radical (unpaired) electrons. The zero-order valence-electron chi connectivity index (χ0n) is 17.2. The molecule has 26 heavy (non-hydrogen) atoms. The molecular formula is C20H38N4O2. The summed E-state index contributed by atoms with van der Waals surface area (Å²) in [4.78, 5) is 8.87. The maximum Gasteiger partial charge on any atom is 0.216 e. The van der Waals surface area contributed by atoms with Crippen molar-refractivity contribution in [2.24, 2.45) is 4.99 Å². The molecule has 6 nitrogen and oxygen atoms in total. The SMILES string of the molecule is CCCCCCCCOCCCNC(=NCc1nc(C)c(C)o1)NCC. The van der Waals surface area contributed by atoms with Crippen LogP contribution in [-0.4, -0.2) is 37.2 Å². The number of aromatic nitrogens is 1. The summed E-state index contributed by atoms with van der Waals surface area (Å²) < 4.78 is 11.3. The van der Waals surface area contributed by atoms with Crippen molar-refractivity contribution in [2.45, 2.75) is 79.2 Å². The Bertz CT molecular complexity index is 481. The van der Waals surface area contributed by atoms with Gasteiger partial charge in [0.2, 0.25) is 5.89 Å². The fourth-order valence-corrected chi connectivity index (χ4v) is 2.56. The highest BCUT2D eigenvalue weighted by Gasteiger charge is 2.05. The Labute approximate surface area is 159 Å². The molecule has 2 N–H and O–H groups in total. The monoisotopic (exact) mass is 366 g/mol. The molecule has 0 spiro atoms. The predicted molar refractivity (Wildman–Crippen MR) is 108 cm³/mol. The lowest BCUT2D eigenvalue weighted by atomic mass is 10.1. The van der Waals surface area contributed by atoms with Gasteiger partial charge >= 0.3 is 0 Å². The first-order valence-corrected chi connectivity index (χ1v) is 10.2. The van der Waals surface area contributed by atoms with E-state index in [0.29, 0.717) is 12.4 Å². The van der Waals surface area contributed by atoms with Crippen LogP contribution >= 0.6 is 0 Å². The minimum absolute atomic E-state index is 0.443. The maximum atomic E-state index is 5.70. The molecule has 1 aromatic heterocycles. The smallest absolute Gasteiger partial charge is 0.216 e. The fourth-order valence-electron chi connectivity index (χ4n) is 2.56. The van der Waals surface area contributed by atoms with Crippen LogP contribution in [0.25, 0.3) is 0 Å². The van der Waals surface area contributed by atoms with Gasteiger partial charge in [0.1, 0.15) is 12.3 Å². The van der Waals surface area contributed by atoms with Gasteiger partial charge in [-0.25, -0.2) is 9.98 Å². The van der Waals surface area contributed by atoms with E-state index in [0.717, 1.165) is 50.1 Å². The number of nitrogens with one attached hydrogen (secondary N) is 2. The van der Waals surface area contributed by atoms with Crippen LogP contribution in [0.1, 0.15) is 76.1 Å². The number of hydrogen-bond donors (Lipinski definition) is 2. The third-order valence-corrected chi connectivity index (χ3v) is 4.19. The molecule has 0 amide bonds. The summed E-state index contributed by atoms with van der Waals surface area (Å²) in [7, 11) is 0. The van der Waals surface area contributed by atoms with Gasteiger partial charge in [-0.1, -0.05) is 39.0 Å². The first kappa shape index (κ1) is 22.5. The molecule has 1 aromatic rings. The Morgan fingerprint density at radius 3 is 2.42 bits per heavy atom. The largest absolute Gasteiger partial charge is 0.444 e. The van der Waals surface area contributed by atoms with Crippen molar-refractivity contribution in [1.29, 1.82) is 0 Å². The van der Waals surface area contributed by atoms with E-state index in [9.17, 15) is 0 Å². The Morgan fingerprint density at radius 2 is 1.73 bits per heavy atom. The molecule has 1 heterocycles. The summed E-state index contributed by atoms with van der Waals surface area (Å²) in [6.07, 6.45) is 8.80. The number of nitrogens with zero attached hydrogens (tertiary/aromatic N) is 2. The van der Waals surface area contributed by atoms with Gasteiger partial charge in [-0.2, -0.15) is 0 Å². The van der Waals surface area contributed by atoms with Crippen LogP contribution in [0, 0.1) is 13.8 Å². The van der Waals surface area contributed by atoms with E-state index in [1.54, 1.807) is 0 Å².